The molecule has 1 radical (unpaired) electrons. The van der Waals surface area contributed by atoms with E-state index in [1.54, 1.807) is 6.07 Å². The van der Waals surface area contributed by atoms with E-state index < -0.39 is 6.18 Å². The molecule has 1 fully saturated rings. The maximum atomic E-state index is 10.4. The van der Waals surface area contributed by atoms with Crippen molar-refractivity contribution < 1.29 is 13.2 Å². The van der Waals surface area contributed by atoms with Gasteiger partial charge in [0, 0.05) is 13.0 Å². The fourth-order valence-corrected chi connectivity index (χ4v) is 2.26. The van der Waals surface area contributed by atoms with Crippen LogP contribution < -0.4 is 0 Å². The number of rotatable bonds is 1. The Bertz CT molecular complexity index is 681. The average molecular weight is 329 g/mol. The van der Waals surface area contributed by atoms with Crippen LogP contribution in [0, 0.1) is 13.8 Å². The normalized spacial score (nSPS) is 14.9. The van der Waals surface area contributed by atoms with Crippen molar-refractivity contribution >= 4 is 29.9 Å². The Labute approximate surface area is 132 Å². The molecule has 0 aliphatic carbocycles. The lowest BCUT2D eigenvalue weighted by molar-refractivity contribution is -0.110. The van der Waals surface area contributed by atoms with Gasteiger partial charge < -0.3 is 0 Å². The first-order valence-electron chi connectivity index (χ1n) is 6.85. The molecule has 1 aliphatic heterocycles. The molecular formula is C14H15BClF3N3. The van der Waals surface area contributed by atoms with Crippen LogP contribution in [0.5, 0.6) is 0 Å². The molecule has 0 spiro atoms. The van der Waals surface area contributed by atoms with Gasteiger partial charge in [-0.3, -0.25) is 0 Å². The average Bonchev–Trinajstić information content (AvgIpc) is 2.27. The lowest BCUT2D eigenvalue weighted by atomic mass is 9.50. The second kappa shape index (κ2) is 6.40. The fraction of sp³-hybridized carbons (Fsp3) is 0.500. The molecule has 8 heteroatoms. The molecular weight excluding hydrogens is 313 g/mol. The summed E-state index contributed by atoms with van der Waals surface area (Å²) in [6.07, 6.45) is -1.87. The number of pyridine rings is 1. The Morgan fingerprint density at radius 3 is 2.18 bits per heavy atom. The predicted molar refractivity (Wildman–Crippen MR) is 81.7 cm³/mol. The van der Waals surface area contributed by atoms with Crippen molar-refractivity contribution in [2.24, 2.45) is 0 Å². The summed E-state index contributed by atoms with van der Waals surface area (Å²) in [5.41, 5.74) is 4.69. The fourth-order valence-electron chi connectivity index (χ4n) is 2.06. The topological polar surface area (TPSA) is 38.7 Å². The van der Waals surface area contributed by atoms with Crippen LogP contribution in [0.2, 0.25) is 17.8 Å². The third-order valence-electron chi connectivity index (χ3n) is 3.35. The first kappa shape index (κ1) is 17.0. The van der Waals surface area contributed by atoms with Gasteiger partial charge >= 0.3 is 6.18 Å². The van der Waals surface area contributed by atoms with Crippen molar-refractivity contribution in [3.05, 3.63) is 28.3 Å². The van der Waals surface area contributed by atoms with Gasteiger partial charge in [0.25, 0.3) is 0 Å². The lowest BCUT2D eigenvalue weighted by Crippen LogP contribution is -2.17. The first-order valence-corrected chi connectivity index (χ1v) is 7.22. The van der Waals surface area contributed by atoms with E-state index in [1.165, 1.54) is 0 Å². The molecule has 0 amide bonds. The number of alkyl halides is 3. The minimum Gasteiger partial charge on any atom is -0.249 e. The number of halogens is 4. The summed E-state index contributed by atoms with van der Waals surface area (Å²) in [7, 11) is 2.26. The summed E-state index contributed by atoms with van der Waals surface area (Å²) in [6.45, 7) is 4.13. The van der Waals surface area contributed by atoms with Crippen LogP contribution >= 0.6 is 11.6 Å². The highest BCUT2D eigenvalue weighted by atomic mass is 35.5. The van der Waals surface area contributed by atoms with Crippen LogP contribution in [-0.2, 0) is 0 Å². The SMILES string of the molecule is CC(F)(F)F.Cc1nc2cc(Cl)nc(C3C[B]C3)c2nc1C. The predicted octanol–water partition coefficient (Wildman–Crippen LogP) is 4.50. The molecule has 22 heavy (non-hydrogen) atoms. The molecule has 0 saturated carbocycles. The summed E-state index contributed by atoms with van der Waals surface area (Å²) in [5, 5.41) is 0.511. The van der Waals surface area contributed by atoms with Crippen LogP contribution in [0.15, 0.2) is 6.07 Å². The third kappa shape index (κ3) is 4.32. The van der Waals surface area contributed by atoms with Crippen LogP contribution in [0.25, 0.3) is 11.0 Å². The van der Waals surface area contributed by atoms with Gasteiger partial charge in [-0.2, -0.15) is 13.2 Å². The highest BCUT2D eigenvalue weighted by Crippen LogP contribution is 2.35. The minimum absolute atomic E-state index is 0.188. The van der Waals surface area contributed by atoms with Crippen molar-refractivity contribution in [1.29, 1.82) is 0 Å². The van der Waals surface area contributed by atoms with Gasteiger partial charge in [0.1, 0.15) is 17.9 Å². The van der Waals surface area contributed by atoms with Crippen molar-refractivity contribution in [3.8, 4) is 0 Å². The summed E-state index contributed by atoms with van der Waals surface area (Å²) in [5.74, 6) is 0.465. The van der Waals surface area contributed by atoms with Crippen molar-refractivity contribution in [2.75, 3.05) is 0 Å². The standard InChI is InChI=1S/C12H12BClN3.C2H3F3/c1-6-7(2)16-12-9(15-6)3-10(14)17-11(12)8-4-13-5-8;1-2(3,4)5/h3,8H,4-5H2,1-2H3;1H3. The Morgan fingerprint density at radius 1 is 1.14 bits per heavy atom. The molecule has 3 nitrogen and oxygen atoms in total. The van der Waals surface area contributed by atoms with Gasteiger partial charge in [0.05, 0.1) is 22.6 Å². The number of aromatic nitrogens is 3. The minimum atomic E-state index is -4.00. The third-order valence-corrected chi connectivity index (χ3v) is 3.54. The Balaban J connectivity index is 0.000000309. The molecule has 0 N–H and O–H groups in total. The summed E-state index contributed by atoms with van der Waals surface area (Å²) in [4.78, 5) is 13.6. The monoisotopic (exact) mass is 328 g/mol. The van der Waals surface area contributed by atoms with E-state index in [1.807, 2.05) is 13.8 Å². The highest BCUT2D eigenvalue weighted by molar-refractivity contribution is 6.40. The van der Waals surface area contributed by atoms with Gasteiger partial charge in [0.2, 0.25) is 0 Å². The van der Waals surface area contributed by atoms with E-state index in [9.17, 15) is 13.2 Å². The van der Waals surface area contributed by atoms with Crippen LogP contribution in [0.1, 0.15) is 29.9 Å². The van der Waals surface area contributed by atoms with E-state index in [4.69, 9.17) is 11.6 Å². The van der Waals surface area contributed by atoms with Gasteiger partial charge in [-0.25, -0.2) is 15.0 Å². The van der Waals surface area contributed by atoms with Crippen LogP contribution in [0.3, 0.4) is 0 Å². The maximum Gasteiger partial charge on any atom is 0.386 e. The largest absolute Gasteiger partial charge is 0.386 e. The molecule has 2 aromatic rings. The zero-order valence-electron chi connectivity index (χ0n) is 12.5. The van der Waals surface area contributed by atoms with E-state index in [0.29, 0.717) is 11.1 Å². The second-order valence-corrected chi connectivity index (χ2v) is 5.72. The molecule has 3 rings (SSSR count). The number of hydrogen-bond acceptors (Lipinski definition) is 3. The molecule has 0 aromatic carbocycles. The summed E-state index contributed by atoms with van der Waals surface area (Å²) < 4.78 is 31.1. The number of fused-ring (bicyclic) bond motifs is 1. The number of hydrogen-bond donors (Lipinski definition) is 0. The zero-order chi connectivity index (χ0) is 16.5. The van der Waals surface area contributed by atoms with E-state index >= 15 is 0 Å². The maximum absolute atomic E-state index is 10.4. The van der Waals surface area contributed by atoms with E-state index in [0.717, 1.165) is 40.8 Å². The van der Waals surface area contributed by atoms with Gasteiger partial charge in [-0.15, -0.1) is 0 Å². The molecule has 117 valence electrons. The number of aryl methyl sites for hydroxylation is 2. The molecule has 1 aliphatic rings. The Hall–Kier alpha value is -1.37. The molecule has 2 aromatic heterocycles. The van der Waals surface area contributed by atoms with Crippen LogP contribution in [-0.4, -0.2) is 28.4 Å². The lowest BCUT2D eigenvalue weighted by Gasteiger charge is -2.24. The summed E-state index contributed by atoms with van der Waals surface area (Å²) >= 11 is 6.05. The van der Waals surface area contributed by atoms with E-state index in [2.05, 4.69) is 22.2 Å². The zero-order valence-corrected chi connectivity index (χ0v) is 13.3. The van der Waals surface area contributed by atoms with Gasteiger partial charge in [-0.05, 0) is 19.8 Å². The quantitative estimate of drug-likeness (QED) is 0.571. The first-order chi connectivity index (χ1) is 10.1. The van der Waals surface area contributed by atoms with Crippen molar-refractivity contribution in [2.45, 2.75) is 45.5 Å². The molecule has 3 heterocycles. The second-order valence-electron chi connectivity index (χ2n) is 5.33. The smallest absolute Gasteiger partial charge is 0.249 e. The van der Waals surface area contributed by atoms with Crippen molar-refractivity contribution in [3.63, 3.8) is 0 Å². The Morgan fingerprint density at radius 2 is 1.68 bits per heavy atom. The molecule has 0 atom stereocenters. The van der Waals surface area contributed by atoms with Gasteiger partial charge in [-0.1, -0.05) is 24.2 Å². The van der Waals surface area contributed by atoms with Crippen LogP contribution in [0.4, 0.5) is 13.2 Å². The Kier molecular flexibility index (Phi) is 4.95. The number of nitrogens with zero attached hydrogens (tertiary/aromatic N) is 3. The van der Waals surface area contributed by atoms with Gasteiger partial charge in [0.15, 0.2) is 0 Å². The summed E-state index contributed by atoms with van der Waals surface area (Å²) in [6, 6.07) is 1.79. The van der Waals surface area contributed by atoms with E-state index in [-0.39, 0.29) is 6.92 Å². The highest BCUT2D eigenvalue weighted by Gasteiger charge is 2.25. The molecule has 0 bridgehead atoms. The molecule has 0 unspecified atom stereocenters. The van der Waals surface area contributed by atoms with Crippen molar-refractivity contribution in [1.82, 2.24) is 15.0 Å². The molecule has 1 saturated heterocycles.